The van der Waals surface area contributed by atoms with Gasteiger partial charge >= 0.3 is 0 Å². The first-order valence-corrected chi connectivity index (χ1v) is 7.72. The van der Waals surface area contributed by atoms with E-state index < -0.39 is 5.54 Å². The molecule has 1 unspecified atom stereocenters. The zero-order valence-corrected chi connectivity index (χ0v) is 13.9. The Morgan fingerprint density at radius 1 is 1.14 bits per heavy atom. The molecule has 1 aromatic rings. The van der Waals surface area contributed by atoms with E-state index in [1.54, 1.807) is 24.9 Å². The summed E-state index contributed by atoms with van der Waals surface area (Å²) in [5.74, 6) is -0.0201. The SMILES string of the molecule is CC1=CC2(C=CC1=O)C(c1ccccc1)=C(I)C(=O)N2C. The molecule has 3 nitrogen and oxygen atoms in total. The number of halogens is 1. The third-order valence-electron chi connectivity index (χ3n) is 4.04. The maximum Gasteiger partial charge on any atom is 0.261 e. The van der Waals surface area contributed by atoms with Crippen molar-refractivity contribution in [1.82, 2.24) is 4.90 Å². The Bertz CT molecular complexity index is 730. The van der Waals surface area contributed by atoms with Gasteiger partial charge in [-0.2, -0.15) is 0 Å². The minimum Gasteiger partial charge on any atom is -0.324 e. The highest BCUT2D eigenvalue weighted by Crippen LogP contribution is 2.47. The summed E-state index contributed by atoms with van der Waals surface area (Å²) >= 11 is 2.10. The van der Waals surface area contributed by atoms with Gasteiger partial charge in [0.25, 0.3) is 5.91 Å². The van der Waals surface area contributed by atoms with Crippen LogP contribution in [0.15, 0.2) is 57.7 Å². The maximum atomic E-state index is 12.5. The molecule has 0 saturated heterocycles. The van der Waals surface area contributed by atoms with Crippen molar-refractivity contribution < 1.29 is 9.59 Å². The summed E-state index contributed by atoms with van der Waals surface area (Å²) in [7, 11) is 1.78. The van der Waals surface area contributed by atoms with Crippen LogP contribution in [0, 0.1) is 0 Å². The van der Waals surface area contributed by atoms with Crippen LogP contribution in [0.5, 0.6) is 0 Å². The number of ketones is 1. The molecule has 1 aliphatic carbocycles. The second-order valence-corrected chi connectivity index (χ2v) is 6.35. The van der Waals surface area contributed by atoms with E-state index in [0.717, 1.165) is 11.1 Å². The molecule has 1 heterocycles. The van der Waals surface area contributed by atoms with E-state index in [-0.39, 0.29) is 11.7 Å². The van der Waals surface area contributed by atoms with Crippen LogP contribution in [0.4, 0.5) is 0 Å². The number of allylic oxidation sites excluding steroid dienone is 2. The molecular weight excluding hydrogens is 377 g/mol. The minimum absolute atomic E-state index is 0.00389. The Hall–Kier alpha value is -1.69. The predicted octanol–water partition coefficient (Wildman–Crippen LogP) is 3.13. The number of benzene rings is 1. The molecule has 1 atom stereocenters. The zero-order chi connectivity index (χ0) is 15.2. The molecule has 0 bridgehead atoms. The minimum atomic E-state index is -0.660. The average Bonchev–Trinajstić information content (AvgIpc) is 2.66. The summed E-state index contributed by atoms with van der Waals surface area (Å²) in [4.78, 5) is 25.9. The lowest BCUT2D eigenvalue weighted by atomic mass is 9.81. The fourth-order valence-electron chi connectivity index (χ4n) is 2.88. The third-order valence-corrected chi connectivity index (χ3v) is 5.04. The second kappa shape index (κ2) is 4.94. The molecule has 0 radical (unpaired) electrons. The monoisotopic (exact) mass is 391 g/mol. The molecular formula is C17H14INO2. The topological polar surface area (TPSA) is 37.4 Å². The highest BCUT2D eigenvalue weighted by atomic mass is 127. The third kappa shape index (κ3) is 2.00. The van der Waals surface area contributed by atoms with E-state index in [0.29, 0.717) is 9.15 Å². The fourth-order valence-corrected chi connectivity index (χ4v) is 3.98. The zero-order valence-electron chi connectivity index (χ0n) is 11.8. The van der Waals surface area contributed by atoms with Crippen LogP contribution >= 0.6 is 22.6 Å². The molecule has 0 fully saturated rings. The van der Waals surface area contributed by atoms with Gasteiger partial charge in [-0.3, -0.25) is 9.59 Å². The van der Waals surface area contributed by atoms with Crippen LogP contribution in [-0.2, 0) is 9.59 Å². The summed E-state index contributed by atoms with van der Waals surface area (Å²) in [5, 5.41) is 0. The molecule has 1 spiro atoms. The normalized spacial score (nSPS) is 25.1. The summed E-state index contributed by atoms with van der Waals surface area (Å²) in [6.07, 6.45) is 5.28. The van der Waals surface area contributed by atoms with Gasteiger partial charge in [-0.25, -0.2) is 0 Å². The smallest absolute Gasteiger partial charge is 0.261 e. The maximum absolute atomic E-state index is 12.5. The van der Waals surface area contributed by atoms with Crippen LogP contribution in [0.3, 0.4) is 0 Å². The van der Waals surface area contributed by atoms with Crippen LogP contribution < -0.4 is 0 Å². The van der Waals surface area contributed by atoms with Crippen molar-refractivity contribution >= 4 is 39.9 Å². The first-order chi connectivity index (χ1) is 9.97. The quantitative estimate of drug-likeness (QED) is 0.690. The molecule has 21 heavy (non-hydrogen) atoms. The average molecular weight is 391 g/mol. The van der Waals surface area contributed by atoms with Crippen molar-refractivity contribution in [3.63, 3.8) is 0 Å². The summed E-state index contributed by atoms with van der Waals surface area (Å²) in [6.45, 7) is 1.79. The summed E-state index contributed by atoms with van der Waals surface area (Å²) in [6, 6.07) is 9.85. The standard InChI is InChI=1S/C17H14INO2/c1-11-10-17(9-8-13(11)20)14(12-6-4-3-5-7-12)15(18)16(21)19(17)2/h3-10H,1-2H3. The van der Waals surface area contributed by atoms with Gasteiger partial charge in [-0.15, -0.1) is 0 Å². The van der Waals surface area contributed by atoms with Crippen molar-refractivity contribution in [2.24, 2.45) is 0 Å². The Morgan fingerprint density at radius 2 is 1.81 bits per heavy atom. The highest BCUT2D eigenvalue weighted by molar-refractivity contribution is 14.1. The van der Waals surface area contributed by atoms with E-state index in [1.807, 2.05) is 42.5 Å². The number of nitrogens with zero attached hydrogens (tertiary/aromatic N) is 1. The number of carbonyl (C=O) groups excluding carboxylic acids is 2. The lowest BCUT2D eigenvalue weighted by molar-refractivity contribution is -0.125. The number of rotatable bonds is 1. The molecule has 1 aromatic carbocycles. The molecule has 4 heteroatoms. The number of likely N-dealkylation sites (N-methyl/N-ethyl adjacent to an activating group) is 1. The van der Waals surface area contributed by atoms with Gasteiger partial charge in [0.05, 0.1) is 3.58 Å². The number of carbonyl (C=O) groups is 2. The van der Waals surface area contributed by atoms with Crippen LogP contribution in [0.2, 0.25) is 0 Å². The van der Waals surface area contributed by atoms with Gasteiger partial charge in [0, 0.05) is 12.6 Å². The molecule has 1 aliphatic heterocycles. The van der Waals surface area contributed by atoms with E-state index in [9.17, 15) is 9.59 Å². The first-order valence-electron chi connectivity index (χ1n) is 6.64. The van der Waals surface area contributed by atoms with Crippen molar-refractivity contribution in [1.29, 1.82) is 0 Å². The lowest BCUT2D eigenvalue weighted by Crippen LogP contribution is -2.44. The fraction of sp³-hybridized carbons (Fsp3) is 0.176. The van der Waals surface area contributed by atoms with Crippen molar-refractivity contribution in [2.75, 3.05) is 7.05 Å². The summed E-state index contributed by atoms with van der Waals surface area (Å²) < 4.78 is 0.698. The molecule has 0 aromatic heterocycles. The van der Waals surface area contributed by atoms with Gasteiger partial charge in [-0.05, 0) is 58.9 Å². The number of hydrogen-bond donors (Lipinski definition) is 0. The number of hydrogen-bond acceptors (Lipinski definition) is 2. The largest absolute Gasteiger partial charge is 0.324 e. The van der Waals surface area contributed by atoms with Crippen molar-refractivity contribution in [2.45, 2.75) is 12.5 Å². The van der Waals surface area contributed by atoms with Gasteiger partial charge < -0.3 is 4.90 Å². The second-order valence-electron chi connectivity index (χ2n) is 5.27. The van der Waals surface area contributed by atoms with Gasteiger partial charge in [0.2, 0.25) is 0 Å². The molecule has 0 saturated carbocycles. The number of amides is 1. The molecule has 0 N–H and O–H groups in total. The van der Waals surface area contributed by atoms with Crippen molar-refractivity contribution in [3.8, 4) is 0 Å². The Kier molecular flexibility index (Phi) is 3.36. The molecule has 1 amide bonds. The van der Waals surface area contributed by atoms with Crippen LogP contribution in [0.25, 0.3) is 5.57 Å². The highest BCUT2D eigenvalue weighted by Gasteiger charge is 2.47. The van der Waals surface area contributed by atoms with Gasteiger partial charge in [0.15, 0.2) is 5.78 Å². The summed E-state index contributed by atoms with van der Waals surface area (Å²) in [5.41, 5.74) is 1.95. The first kappa shape index (κ1) is 14.3. The van der Waals surface area contributed by atoms with Crippen LogP contribution in [-0.4, -0.2) is 29.2 Å². The Morgan fingerprint density at radius 3 is 2.43 bits per heavy atom. The molecule has 2 aliphatic rings. The predicted molar refractivity (Wildman–Crippen MR) is 90.8 cm³/mol. The van der Waals surface area contributed by atoms with E-state index in [4.69, 9.17) is 0 Å². The Labute approximate surface area is 137 Å². The molecule has 3 rings (SSSR count). The van der Waals surface area contributed by atoms with E-state index in [2.05, 4.69) is 22.6 Å². The molecule has 106 valence electrons. The Balaban J connectivity index is 2.27. The lowest BCUT2D eigenvalue weighted by Gasteiger charge is -2.35. The van der Waals surface area contributed by atoms with Gasteiger partial charge in [-0.1, -0.05) is 30.3 Å². The van der Waals surface area contributed by atoms with Crippen LogP contribution in [0.1, 0.15) is 12.5 Å². The van der Waals surface area contributed by atoms with Crippen molar-refractivity contribution in [3.05, 3.63) is 63.3 Å². The van der Waals surface area contributed by atoms with E-state index in [1.165, 1.54) is 0 Å². The van der Waals surface area contributed by atoms with E-state index >= 15 is 0 Å². The van der Waals surface area contributed by atoms with Gasteiger partial charge in [0.1, 0.15) is 5.54 Å².